The molecule has 2 aromatic carbocycles. The van der Waals surface area contributed by atoms with Crippen LogP contribution >= 0.6 is 0 Å². The Morgan fingerprint density at radius 2 is 1.48 bits per heavy atom. The summed E-state index contributed by atoms with van der Waals surface area (Å²) in [6, 6.07) is 10.1. The van der Waals surface area contributed by atoms with Gasteiger partial charge >= 0.3 is 6.18 Å². The molecule has 4 heteroatoms. The number of phenols is 1. The Bertz CT molecular complexity index is 652. The maximum atomic E-state index is 12.7. The molecule has 0 fully saturated rings. The minimum Gasteiger partial charge on any atom is -0.508 e. The summed E-state index contributed by atoms with van der Waals surface area (Å²) in [5.74, 6) is 0.0948. The summed E-state index contributed by atoms with van der Waals surface area (Å²) < 4.78 is 38.2. The van der Waals surface area contributed by atoms with Crippen molar-refractivity contribution in [2.75, 3.05) is 0 Å². The van der Waals surface area contributed by atoms with Crippen molar-refractivity contribution in [1.29, 1.82) is 0 Å². The average molecular weight is 294 g/mol. The van der Waals surface area contributed by atoms with E-state index in [0.717, 1.165) is 17.7 Å². The van der Waals surface area contributed by atoms with E-state index in [-0.39, 0.29) is 11.2 Å². The van der Waals surface area contributed by atoms with Gasteiger partial charge in [0.25, 0.3) is 0 Å². The number of aromatic hydroxyl groups is 1. The molecule has 0 atom stereocenters. The average Bonchev–Trinajstić information content (AvgIpc) is 2.36. The first-order valence-electron chi connectivity index (χ1n) is 6.60. The van der Waals surface area contributed by atoms with Gasteiger partial charge in [0.1, 0.15) is 5.75 Å². The Morgan fingerprint density at radius 1 is 0.857 bits per heavy atom. The van der Waals surface area contributed by atoms with E-state index in [2.05, 4.69) is 0 Å². The zero-order chi connectivity index (χ0) is 15.8. The Balaban J connectivity index is 2.47. The lowest BCUT2D eigenvalue weighted by molar-refractivity contribution is -0.137. The largest absolute Gasteiger partial charge is 0.508 e. The van der Waals surface area contributed by atoms with E-state index in [1.54, 1.807) is 18.2 Å². The van der Waals surface area contributed by atoms with Gasteiger partial charge in [0, 0.05) is 0 Å². The maximum absolute atomic E-state index is 12.7. The molecule has 1 N–H and O–H groups in total. The molecule has 0 radical (unpaired) electrons. The molecule has 0 heterocycles. The Morgan fingerprint density at radius 3 is 2.00 bits per heavy atom. The van der Waals surface area contributed by atoms with Crippen molar-refractivity contribution < 1.29 is 18.3 Å². The Hall–Kier alpha value is -1.97. The molecular weight excluding hydrogens is 277 g/mol. The van der Waals surface area contributed by atoms with Gasteiger partial charge < -0.3 is 5.11 Å². The van der Waals surface area contributed by atoms with E-state index < -0.39 is 11.7 Å². The maximum Gasteiger partial charge on any atom is 0.416 e. The minimum absolute atomic E-state index is 0.0948. The van der Waals surface area contributed by atoms with E-state index in [1.807, 2.05) is 20.8 Å². The first kappa shape index (κ1) is 15.4. The lowest BCUT2D eigenvalue weighted by Crippen LogP contribution is -2.11. The number of hydrogen-bond acceptors (Lipinski definition) is 1. The van der Waals surface area contributed by atoms with Crippen LogP contribution in [0.1, 0.15) is 31.9 Å². The fourth-order valence-corrected chi connectivity index (χ4v) is 2.22. The first-order valence-corrected chi connectivity index (χ1v) is 6.60. The lowest BCUT2D eigenvalue weighted by atomic mass is 9.85. The molecule has 21 heavy (non-hydrogen) atoms. The first-order chi connectivity index (χ1) is 9.59. The van der Waals surface area contributed by atoms with E-state index in [9.17, 15) is 18.3 Å². The highest BCUT2D eigenvalue weighted by molar-refractivity contribution is 5.67. The second-order valence-electron chi connectivity index (χ2n) is 6.06. The van der Waals surface area contributed by atoms with E-state index in [4.69, 9.17) is 0 Å². The van der Waals surface area contributed by atoms with Crippen molar-refractivity contribution >= 4 is 0 Å². The highest BCUT2D eigenvalue weighted by Gasteiger charge is 2.30. The molecule has 0 saturated carbocycles. The number of rotatable bonds is 1. The van der Waals surface area contributed by atoms with Gasteiger partial charge in [-0.25, -0.2) is 0 Å². The summed E-state index contributed by atoms with van der Waals surface area (Å²) in [6.45, 7) is 5.89. The van der Waals surface area contributed by atoms with Crippen LogP contribution in [0.5, 0.6) is 5.75 Å². The number of halogens is 3. The van der Waals surface area contributed by atoms with Crippen LogP contribution in [0.25, 0.3) is 11.1 Å². The fourth-order valence-electron chi connectivity index (χ4n) is 2.22. The number of phenolic OH excluding ortho intramolecular Hbond substituents is 1. The van der Waals surface area contributed by atoms with Crippen LogP contribution in [-0.4, -0.2) is 5.11 Å². The summed E-state index contributed by atoms with van der Waals surface area (Å²) in [5.41, 5.74) is 0.834. The lowest BCUT2D eigenvalue weighted by Gasteiger charge is -2.21. The van der Waals surface area contributed by atoms with Crippen molar-refractivity contribution in [1.82, 2.24) is 0 Å². The van der Waals surface area contributed by atoms with Crippen molar-refractivity contribution in [3.05, 3.63) is 53.6 Å². The number of benzene rings is 2. The molecular formula is C17H17F3O. The summed E-state index contributed by atoms with van der Waals surface area (Å²) in [4.78, 5) is 0. The van der Waals surface area contributed by atoms with Gasteiger partial charge in [-0.1, -0.05) is 45.0 Å². The molecule has 0 saturated heterocycles. The molecule has 0 spiro atoms. The molecule has 0 amide bonds. The quantitative estimate of drug-likeness (QED) is 0.749. The fraction of sp³-hybridized carbons (Fsp3) is 0.294. The van der Waals surface area contributed by atoms with Gasteiger partial charge in [0.2, 0.25) is 0 Å². The van der Waals surface area contributed by atoms with Crippen LogP contribution in [0.2, 0.25) is 0 Å². The summed E-state index contributed by atoms with van der Waals surface area (Å²) in [7, 11) is 0. The van der Waals surface area contributed by atoms with Crippen LogP contribution in [-0.2, 0) is 11.6 Å². The highest BCUT2D eigenvalue weighted by atomic mass is 19.4. The number of hydrogen-bond donors (Lipinski definition) is 1. The van der Waals surface area contributed by atoms with Crippen molar-refractivity contribution in [3.8, 4) is 16.9 Å². The van der Waals surface area contributed by atoms with Gasteiger partial charge in [-0.15, -0.1) is 0 Å². The molecule has 0 aliphatic carbocycles. The van der Waals surface area contributed by atoms with E-state index in [1.165, 1.54) is 12.1 Å². The summed E-state index contributed by atoms with van der Waals surface area (Å²) >= 11 is 0. The molecule has 0 bridgehead atoms. The van der Waals surface area contributed by atoms with Gasteiger partial charge in [-0.2, -0.15) is 13.2 Å². The molecule has 0 aromatic heterocycles. The monoisotopic (exact) mass is 294 g/mol. The molecule has 112 valence electrons. The van der Waals surface area contributed by atoms with Gasteiger partial charge in [-0.3, -0.25) is 0 Å². The van der Waals surface area contributed by atoms with Crippen LogP contribution in [0.15, 0.2) is 42.5 Å². The smallest absolute Gasteiger partial charge is 0.416 e. The Labute approximate surface area is 122 Å². The zero-order valence-electron chi connectivity index (χ0n) is 12.1. The van der Waals surface area contributed by atoms with E-state index >= 15 is 0 Å². The molecule has 0 aliphatic rings. The van der Waals surface area contributed by atoms with Crippen LogP contribution in [0, 0.1) is 0 Å². The van der Waals surface area contributed by atoms with Gasteiger partial charge in [0.15, 0.2) is 0 Å². The highest BCUT2D eigenvalue weighted by Crippen LogP contribution is 2.36. The molecule has 2 rings (SSSR count). The predicted octanol–water partition coefficient (Wildman–Crippen LogP) is 5.38. The third kappa shape index (κ3) is 3.38. The summed E-state index contributed by atoms with van der Waals surface area (Å²) in [6.07, 6.45) is -4.37. The van der Waals surface area contributed by atoms with Crippen LogP contribution in [0.4, 0.5) is 13.2 Å². The second-order valence-corrected chi connectivity index (χ2v) is 6.06. The van der Waals surface area contributed by atoms with E-state index in [0.29, 0.717) is 11.1 Å². The van der Waals surface area contributed by atoms with Gasteiger partial charge in [-0.05, 0) is 40.3 Å². The van der Waals surface area contributed by atoms with Crippen molar-refractivity contribution in [3.63, 3.8) is 0 Å². The van der Waals surface area contributed by atoms with Crippen molar-refractivity contribution in [2.45, 2.75) is 32.4 Å². The predicted molar refractivity (Wildman–Crippen MR) is 77.2 cm³/mol. The molecule has 0 unspecified atom stereocenters. The zero-order valence-corrected chi connectivity index (χ0v) is 12.1. The SMILES string of the molecule is CC(C)(C)c1ccc(-c2cccc(C(F)(F)F)c2)cc1O. The number of alkyl halides is 3. The molecule has 0 aliphatic heterocycles. The minimum atomic E-state index is -4.37. The van der Waals surface area contributed by atoms with Crippen LogP contribution < -0.4 is 0 Å². The normalized spacial score (nSPS) is 12.5. The Kier molecular flexibility index (Phi) is 3.74. The third-order valence-corrected chi connectivity index (χ3v) is 3.33. The second kappa shape index (κ2) is 5.10. The third-order valence-electron chi connectivity index (χ3n) is 3.33. The van der Waals surface area contributed by atoms with Crippen LogP contribution in [0.3, 0.4) is 0 Å². The van der Waals surface area contributed by atoms with Gasteiger partial charge in [0.05, 0.1) is 5.56 Å². The molecule has 1 nitrogen and oxygen atoms in total. The molecule has 2 aromatic rings. The standard InChI is InChI=1S/C17H17F3O/c1-16(2,3)14-8-7-12(10-15(14)21)11-5-4-6-13(9-11)17(18,19)20/h4-10,21H,1-3H3. The van der Waals surface area contributed by atoms with Crippen molar-refractivity contribution in [2.24, 2.45) is 0 Å². The summed E-state index contributed by atoms with van der Waals surface area (Å²) in [5, 5.41) is 10.1. The topological polar surface area (TPSA) is 20.2 Å².